The Morgan fingerprint density at radius 2 is 2.12 bits per heavy atom. The maximum atomic E-state index is 11.9. The van der Waals surface area contributed by atoms with E-state index in [1.54, 1.807) is 11.9 Å². The molecule has 2 aliphatic heterocycles. The summed E-state index contributed by atoms with van der Waals surface area (Å²) >= 11 is 0. The highest BCUT2D eigenvalue weighted by Crippen LogP contribution is 2.28. The minimum Gasteiger partial charge on any atom is -0.469 e. The molecule has 0 radical (unpaired) electrons. The van der Waals surface area contributed by atoms with Gasteiger partial charge in [-0.1, -0.05) is 0 Å². The predicted molar refractivity (Wildman–Crippen MR) is 57.9 cm³/mol. The van der Waals surface area contributed by atoms with Crippen molar-refractivity contribution in [3.63, 3.8) is 0 Å². The second-order valence-corrected chi connectivity index (χ2v) is 4.60. The van der Waals surface area contributed by atoms with E-state index in [0.29, 0.717) is 12.6 Å². The molecule has 0 bridgehead atoms. The van der Waals surface area contributed by atoms with Gasteiger partial charge in [-0.05, 0) is 19.3 Å². The summed E-state index contributed by atoms with van der Waals surface area (Å²) in [7, 11) is 3.21. The van der Waals surface area contributed by atoms with Crippen molar-refractivity contribution in [2.75, 3.05) is 27.2 Å². The third-order valence-corrected chi connectivity index (χ3v) is 3.61. The van der Waals surface area contributed by atoms with Gasteiger partial charge < -0.3 is 14.5 Å². The van der Waals surface area contributed by atoms with Gasteiger partial charge in [0.25, 0.3) is 0 Å². The maximum Gasteiger partial charge on any atom is 0.320 e. The highest BCUT2D eigenvalue weighted by molar-refractivity contribution is 5.78. The van der Waals surface area contributed by atoms with E-state index in [1.165, 1.54) is 7.11 Å². The summed E-state index contributed by atoms with van der Waals surface area (Å²) in [5, 5.41) is 0. The molecule has 5 heteroatoms. The van der Waals surface area contributed by atoms with Crippen molar-refractivity contribution < 1.29 is 14.3 Å². The summed E-state index contributed by atoms with van der Waals surface area (Å²) in [6.45, 7) is 1.34. The van der Waals surface area contributed by atoms with Crippen LogP contribution in [0, 0.1) is 5.92 Å². The average molecular weight is 226 g/mol. The molecule has 2 fully saturated rings. The molecule has 2 amide bonds. The zero-order chi connectivity index (χ0) is 11.7. The van der Waals surface area contributed by atoms with Crippen molar-refractivity contribution in [1.82, 2.24) is 9.80 Å². The molecule has 16 heavy (non-hydrogen) atoms. The zero-order valence-corrected chi connectivity index (χ0v) is 9.81. The van der Waals surface area contributed by atoms with Crippen molar-refractivity contribution in [3.05, 3.63) is 0 Å². The molecule has 2 atom stereocenters. The lowest BCUT2D eigenvalue weighted by molar-refractivity contribution is -0.147. The largest absolute Gasteiger partial charge is 0.469 e. The number of esters is 1. The monoisotopic (exact) mass is 226 g/mol. The van der Waals surface area contributed by atoms with E-state index in [1.807, 2.05) is 4.90 Å². The van der Waals surface area contributed by atoms with Gasteiger partial charge in [-0.25, -0.2) is 4.79 Å². The van der Waals surface area contributed by atoms with E-state index < -0.39 is 0 Å². The van der Waals surface area contributed by atoms with Crippen LogP contribution < -0.4 is 0 Å². The minimum atomic E-state index is -0.195. The van der Waals surface area contributed by atoms with Gasteiger partial charge in [0.15, 0.2) is 0 Å². The Morgan fingerprint density at radius 1 is 1.38 bits per heavy atom. The van der Waals surface area contributed by atoms with Gasteiger partial charge in [0.2, 0.25) is 0 Å². The fourth-order valence-corrected chi connectivity index (χ4v) is 2.58. The molecule has 2 heterocycles. The predicted octanol–water partition coefficient (Wildman–Crippen LogP) is 0.696. The third kappa shape index (κ3) is 1.86. The number of methoxy groups -OCH3 is 1. The topological polar surface area (TPSA) is 49.9 Å². The van der Waals surface area contributed by atoms with Gasteiger partial charge >= 0.3 is 12.0 Å². The van der Waals surface area contributed by atoms with E-state index in [0.717, 1.165) is 25.8 Å². The van der Waals surface area contributed by atoms with Crippen LogP contribution in [0.3, 0.4) is 0 Å². The Balaban J connectivity index is 2.05. The van der Waals surface area contributed by atoms with Crippen LogP contribution in [-0.2, 0) is 9.53 Å². The molecule has 0 unspecified atom stereocenters. The van der Waals surface area contributed by atoms with Crippen LogP contribution in [0.1, 0.15) is 19.3 Å². The molecular formula is C11H18N2O3. The van der Waals surface area contributed by atoms with Crippen LogP contribution in [0.15, 0.2) is 0 Å². The number of piperidine rings is 1. The first kappa shape index (κ1) is 11.2. The smallest absolute Gasteiger partial charge is 0.320 e. The molecule has 0 aromatic heterocycles. The average Bonchev–Trinajstić information content (AvgIpc) is 2.32. The Hall–Kier alpha value is -1.26. The van der Waals surface area contributed by atoms with Crippen molar-refractivity contribution >= 4 is 12.0 Å². The molecule has 0 spiro atoms. The highest BCUT2D eigenvalue weighted by atomic mass is 16.5. The van der Waals surface area contributed by atoms with Crippen LogP contribution in [-0.4, -0.2) is 55.1 Å². The number of fused-ring (bicyclic) bond motifs is 1. The number of carbonyl (C=O) groups excluding carboxylic acids is 2. The summed E-state index contributed by atoms with van der Waals surface area (Å²) < 4.78 is 4.74. The van der Waals surface area contributed by atoms with Crippen molar-refractivity contribution in [2.45, 2.75) is 25.3 Å². The highest BCUT2D eigenvalue weighted by Gasteiger charge is 2.38. The first-order valence-corrected chi connectivity index (χ1v) is 5.73. The van der Waals surface area contributed by atoms with Crippen LogP contribution in [0.25, 0.3) is 0 Å². The fraction of sp³-hybridized carbons (Fsp3) is 0.818. The molecule has 0 aromatic carbocycles. The van der Waals surface area contributed by atoms with E-state index in [2.05, 4.69) is 0 Å². The summed E-state index contributed by atoms with van der Waals surface area (Å²) in [6.07, 6.45) is 2.76. The number of carbonyl (C=O) groups is 2. The lowest BCUT2D eigenvalue weighted by Gasteiger charge is -2.44. The standard InChI is InChI=1S/C11H18N2O3/c1-12-6-5-9-4-3-8(10(14)16-2)7-13(9)11(12)15/h8-9H,3-7H2,1-2H3/t8-,9-/m1/s1. The number of ether oxygens (including phenoxy) is 1. The Bertz CT molecular complexity index is 306. The van der Waals surface area contributed by atoms with Gasteiger partial charge in [0.1, 0.15) is 0 Å². The lowest BCUT2D eigenvalue weighted by Crippen LogP contribution is -2.57. The molecular weight excluding hydrogens is 208 g/mol. The Labute approximate surface area is 95.3 Å². The lowest BCUT2D eigenvalue weighted by atomic mass is 9.90. The summed E-state index contributed by atoms with van der Waals surface area (Å²) in [5.41, 5.74) is 0. The zero-order valence-electron chi connectivity index (χ0n) is 9.81. The van der Waals surface area contributed by atoms with Gasteiger partial charge in [0.05, 0.1) is 13.0 Å². The van der Waals surface area contributed by atoms with Gasteiger partial charge in [0, 0.05) is 26.2 Å². The SMILES string of the molecule is COC(=O)[C@@H]1CC[C@@H]2CCN(C)C(=O)N2C1. The van der Waals surface area contributed by atoms with Crippen LogP contribution in [0.5, 0.6) is 0 Å². The van der Waals surface area contributed by atoms with Crippen molar-refractivity contribution in [2.24, 2.45) is 5.92 Å². The van der Waals surface area contributed by atoms with Crippen molar-refractivity contribution in [1.29, 1.82) is 0 Å². The quantitative estimate of drug-likeness (QED) is 0.618. The van der Waals surface area contributed by atoms with E-state index >= 15 is 0 Å². The van der Waals surface area contributed by atoms with Crippen LogP contribution in [0.2, 0.25) is 0 Å². The summed E-state index contributed by atoms with van der Waals surface area (Å²) in [5.74, 6) is -0.337. The number of hydrogen-bond donors (Lipinski definition) is 0. The molecule has 90 valence electrons. The molecule has 0 N–H and O–H groups in total. The van der Waals surface area contributed by atoms with E-state index in [4.69, 9.17) is 4.74 Å². The number of amides is 2. The van der Waals surface area contributed by atoms with Gasteiger partial charge in [-0.15, -0.1) is 0 Å². The Morgan fingerprint density at radius 3 is 2.81 bits per heavy atom. The van der Waals surface area contributed by atoms with Crippen molar-refractivity contribution in [3.8, 4) is 0 Å². The second-order valence-electron chi connectivity index (χ2n) is 4.60. The molecule has 5 nitrogen and oxygen atoms in total. The minimum absolute atomic E-state index is 0.0462. The molecule has 2 saturated heterocycles. The second kappa shape index (κ2) is 4.31. The number of rotatable bonds is 1. The fourth-order valence-electron chi connectivity index (χ4n) is 2.58. The Kier molecular flexibility index (Phi) is 3.03. The maximum absolute atomic E-state index is 11.9. The number of hydrogen-bond acceptors (Lipinski definition) is 3. The van der Waals surface area contributed by atoms with Gasteiger partial charge in [-0.2, -0.15) is 0 Å². The van der Waals surface area contributed by atoms with Gasteiger partial charge in [-0.3, -0.25) is 4.79 Å². The molecule has 2 aliphatic rings. The number of urea groups is 1. The van der Waals surface area contributed by atoms with Crippen LogP contribution >= 0.6 is 0 Å². The summed E-state index contributed by atoms with van der Waals surface area (Å²) in [6, 6.07) is 0.370. The molecule has 2 rings (SSSR count). The number of nitrogens with zero attached hydrogens (tertiary/aromatic N) is 2. The molecule has 0 saturated carbocycles. The first-order chi connectivity index (χ1) is 7.63. The van der Waals surface area contributed by atoms with E-state index in [-0.39, 0.29) is 17.9 Å². The first-order valence-electron chi connectivity index (χ1n) is 5.73. The summed E-state index contributed by atoms with van der Waals surface area (Å²) in [4.78, 5) is 26.9. The van der Waals surface area contributed by atoms with E-state index in [9.17, 15) is 9.59 Å². The normalized spacial score (nSPS) is 30.0. The molecule has 0 aliphatic carbocycles. The van der Waals surface area contributed by atoms with Crippen LogP contribution in [0.4, 0.5) is 4.79 Å². The third-order valence-electron chi connectivity index (χ3n) is 3.61. The molecule has 0 aromatic rings.